The van der Waals surface area contributed by atoms with E-state index in [1.54, 1.807) is 24.9 Å². The number of imidazole rings is 1. The third kappa shape index (κ3) is 5.24. The summed E-state index contributed by atoms with van der Waals surface area (Å²) in [5.74, 6) is -2.71. The number of fused-ring (bicyclic) bond motifs is 1. The van der Waals surface area contributed by atoms with Gasteiger partial charge in [-0.05, 0) is 29.3 Å². The second-order valence-corrected chi connectivity index (χ2v) is 6.73. The molecule has 1 aliphatic heterocycles. The average Bonchev–Trinajstić information content (AvgIpc) is 3.29. The molecule has 0 fully saturated rings. The summed E-state index contributed by atoms with van der Waals surface area (Å²) < 4.78 is 33.7. The molecule has 3 aromatic rings. The van der Waals surface area contributed by atoms with E-state index >= 15 is 0 Å². The van der Waals surface area contributed by atoms with Crippen LogP contribution in [-0.4, -0.2) is 54.1 Å². The van der Waals surface area contributed by atoms with Crippen molar-refractivity contribution in [1.82, 2.24) is 24.4 Å². The second-order valence-electron chi connectivity index (χ2n) is 6.73. The predicted octanol–water partition coefficient (Wildman–Crippen LogP) is 2.71. The molecule has 4 rings (SSSR count). The summed E-state index contributed by atoms with van der Waals surface area (Å²) in [5, 5.41) is 7.12. The zero-order chi connectivity index (χ0) is 22.6. The smallest absolute Gasteiger partial charge is 0.475 e. The Balaban J connectivity index is 0.000000339. The summed E-state index contributed by atoms with van der Waals surface area (Å²) in [5.41, 5.74) is 4.46. The fourth-order valence-corrected chi connectivity index (χ4v) is 3.07. The van der Waals surface area contributed by atoms with E-state index in [1.165, 1.54) is 0 Å². The van der Waals surface area contributed by atoms with E-state index in [-0.39, 0.29) is 5.91 Å². The average molecular weight is 433 g/mol. The van der Waals surface area contributed by atoms with E-state index < -0.39 is 12.1 Å². The van der Waals surface area contributed by atoms with Crippen LogP contribution in [0.1, 0.15) is 21.7 Å². The van der Waals surface area contributed by atoms with Gasteiger partial charge in [-0.25, -0.2) is 9.78 Å². The molecule has 1 aliphatic rings. The Morgan fingerprint density at radius 2 is 1.84 bits per heavy atom. The number of carboxylic acid groups (broad SMARTS) is 1. The van der Waals surface area contributed by atoms with E-state index in [1.807, 2.05) is 40.9 Å². The first kappa shape index (κ1) is 21.9. The minimum Gasteiger partial charge on any atom is -0.475 e. The monoisotopic (exact) mass is 433 g/mol. The number of alkyl halides is 3. The lowest BCUT2D eigenvalue weighted by molar-refractivity contribution is -0.192. The Labute approximate surface area is 175 Å². The molecule has 31 heavy (non-hydrogen) atoms. The number of amides is 1. The first-order valence-electron chi connectivity index (χ1n) is 9.11. The van der Waals surface area contributed by atoms with Gasteiger partial charge >= 0.3 is 12.1 Å². The van der Waals surface area contributed by atoms with Gasteiger partial charge in [0.1, 0.15) is 0 Å². The highest BCUT2D eigenvalue weighted by Gasteiger charge is 2.38. The molecule has 0 spiro atoms. The van der Waals surface area contributed by atoms with Crippen molar-refractivity contribution in [2.75, 3.05) is 6.54 Å². The molecule has 162 valence electrons. The van der Waals surface area contributed by atoms with Crippen LogP contribution in [0, 0.1) is 0 Å². The first-order valence-corrected chi connectivity index (χ1v) is 9.11. The van der Waals surface area contributed by atoms with Crippen LogP contribution in [0.2, 0.25) is 0 Å². The SMILES string of the molecule is Cn1cnc(CCN2Cc3nccc(-c4ccncc4)c3C2=O)c1.O=C(O)C(F)(F)F. The summed E-state index contributed by atoms with van der Waals surface area (Å²) in [6.45, 7) is 1.20. The van der Waals surface area contributed by atoms with Crippen LogP contribution in [0.5, 0.6) is 0 Å². The summed E-state index contributed by atoms with van der Waals surface area (Å²) in [6, 6.07) is 5.73. The molecule has 0 aliphatic carbocycles. The number of aliphatic carboxylic acids is 1. The quantitative estimate of drug-likeness (QED) is 0.679. The molecule has 1 N–H and O–H groups in total. The molecule has 0 radical (unpaired) electrons. The molecule has 0 saturated carbocycles. The molecule has 0 unspecified atom stereocenters. The number of nitrogens with zero attached hydrogens (tertiary/aromatic N) is 5. The third-order valence-corrected chi connectivity index (χ3v) is 4.50. The van der Waals surface area contributed by atoms with Gasteiger partial charge < -0.3 is 14.6 Å². The number of aryl methyl sites for hydroxylation is 1. The number of carbonyl (C=O) groups is 2. The minimum absolute atomic E-state index is 0.0424. The van der Waals surface area contributed by atoms with Crippen molar-refractivity contribution < 1.29 is 27.9 Å². The topological polar surface area (TPSA) is 101 Å². The number of hydrogen-bond donors (Lipinski definition) is 1. The number of halogens is 3. The van der Waals surface area contributed by atoms with Gasteiger partial charge in [0.15, 0.2) is 0 Å². The largest absolute Gasteiger partial charge is 0.490 e. The highest BCUT2D eigenvalue weighted by atomic mass is 19.4. The highest BCUT2D eigenvalue weighted by Crippen LogP contribution is 2.31. The number of pyridine rings is 2. The lowest BCUT2D eigenvalue weighted by Crippen LogP contribution is -2.26. The zero-order valence-corrected chi connectivity index (χ0v) is 16.4. The van der Waals surface area contributed by atoms with Gasteiger partial charge in [0, 0.05) is 44.8 Å². The number of aromatic nitrogens is 4. The molecular formula is C20H18F3N5O3. The summed E-state index contributed by atoms with van der Waals surface area (Å²) in [6.07, 6.45) is 4.66. The van der Waals surface area contributed by atoms with Crippen LogP contribution < -0.4 is 0 Å². The minimum atomic E-state index is -5.08. The molecular weight excluding hydrogens is 415 g/mol. The van der Waals surface area contributed by atoms with Gasteiger partial charge in [-0.3, -0.25) is 14.8 Å². The maximum absolute atomic E-state index is 12.9. The number of carbonyl (C=O) groups excluding carboxylic acids is 1. The van der Waals surface area contributed by atoms with Gasteiger partial charge in [-0.2, -0.15) is 13.2 Å². The van der Waals surface area contributed by atoms with Gasteiger partial charge in [-0.15, -0.1) is 0 Å². The molecule has 1 amide bonds. The zero-order valence-electron chi connectivity index (χ0n) is 16.4. The molecule has 11 heteroatoms. The van der Waals surface area contributed by atoms with Crippen LogP contribution in [0.25, 0.3) is 11.1 Å². The molecule has 0 atom stereocenters. The summed E-state index contributed by atoms with van der Waals surface area (Å²) in [7, 11) is 1.94. The third-order valence-electron chi connectivity index (χ3n) is 4.50. The fraction of sp³-hybridized carbons (Fsp3) is 0.250. The Hall–Kier alpha value is -3.76. The molecule has 0 aromatic carbocycles. The Kier molecular flexibility index (Phi) is 6.33. The molecule has 3 aromatic heterocycles. The van der Waals surface area contributed by atoms with Crippen molar-refractivity contribution in [3.05, 3.63) is 66.3 Å². The maximum Gasteiger partial charge on any atom is 0.490 e. The van der Waals surface area contributed by atoms with Crippen molar-refractivity contribution in [3.63, 3.8) is 0 Å². The van der Waals surface area contributed by atoms with Gasteiger partial charge in [0.2, 0.25) is 0 Å². The summed E-state index contributed by atoms with van der Waals surface area (Å²) >= 11 is 0. The Morgan fingerprint density at radius 1 is 1.16 bits per heavy atom. The number of hydrogen-bond acceptors (Lipinski definition) is 5. The Bertz CT molecular complexity index is 1080. The standard InChI is InChI=1S/C18H17N5O.C2HF3O2/c1-22-10-14(21-12-22)5-9-23-11-16-17(18(23)24)15(4-8-20-16)13-2-6-19-7-3-13;3-2(4,5)1(6)7/h2-4,6-8,10,12H,5,9,11H2,1H3;(H,6,7). The predicted molar refractivity (Wildman–Crippen MR) is 103 cm³/mol. The fourth-order valence-electron chi connectivity index (χ4n) is 3.07. The lowest BCUT2D eigenvalue weighted by atomic mass is 10.0. The van der Waals surface area contributed by atoms with Crippen LogP contribution in [0.4, 0.5) is 13.2 Å². The molecule has 0 bridgehead atoms. The second kappa shape index (κ2) is 8.94. The van der Waals surface area contributed by atoms with E-state index in [2.05, 4.69) is 15.0 Å². The molecule has 4 heterocycles. The highest BCUT2D eigenvalue weighted by molar-refractivity contribution is 6.03. The van der Waals surface area contributed by atoms with Crippen LogP contribution >= 0.6 is 0 Å². The van der Waals surface area contributed by atoms with Gasteiger partial charge in [0.25, 0.3) is 5.91 Å². The number of rotatable bonds is 4. The van der Waals surface area contributed by atoms with Crippen LogP contribution in [0.15, 0.2) is 49.3 Å². The Morgan fingerprint density at radius 3 is 2.42 bits per heavy atom. The van der Waals surface area contributed by atoms with Crippen molar-refractivity contribution in [3.8, 4) is 11.1 Å². The maximum atomic E-state index is 12.9. The van der Waals surface area contributed by atoms with E-state index in [0.717, 1.165) is 28.9 Å². The van der Waals surface area contributed by atoms with E-state index in [9.17, 15) is 18.0 Å². The van der Waals surface area contributed by atoms with Crippen molar-refractivity contribution in [2.24, 2.45) is 7.05 Å². The number of carboxylic acids is 1. The normalized spacial score (nSPS) is 12.9. The van der Waals surface area contributed by atoms with Crippen LogP contribution in [0.3, 0.4) is 0 Å². The summed E-state index contributed by atoms with van der Waals surface area (Å²) in [4.78, 5) is 36.4. The van der Waals surface area contributed by atoms with Gasteiger partial charge in [-0.1, -0.05) is 0 Å². The van der Waals surface area contributed by atoms with E-state index in [4.69, 9.17) is 9.90 Å². The lowest BCUT2D eigenvalue weighted by Gasteiger charge is -2.14. The molecule has 0 saturated heterocycles. The van der Waals surface area contributed by atoms with Gasteiger partial charge in [0.05, 0.1) is 29.8 Å². The first-order chi connectivity index (χ1) is 14.7. The van der Waals surface area contributed by atoms with Crippen molar-refractivity contribution in [2.45, 2.75) is 19.1 Å². The van der Waals surface area contributed by atoms with E-state index in [0.29, 0.717) is 18.7 Å². The molecule has 8 nitrogen and oxygen atoms in total. The van der Waals surface area contributed by atoms with Crippen molar-refractivity contribution in [1.29, 1.82) is 0 Å². The van der Waals surface area contributed by atoms with Crippen LogP contribution in [-0.2, 0) is 24.8 Å². The van der Waals surface area contributed by atoms with Crippen molar-refractivity contribution >= 4 is 11.9 Å².